The maximum Gasteiger partial charge on any atom is 0.305 e. The summed E-state index contributed by atoms with van der Waals surface area (Å²) in [7, 11) is 0. The van der Waals surface area contributed by atoms with Crippen LogP contribution in [0, 0.1) is 6.07 Å². The fourth-order valence-electron chi connectivity index (χ4n) is 1.52. The van der Waals surface area contributed by atoms with Crippen molar-refractivity contribution >= 4 is 11.9 Å². The third-order valence-corrected chi connectivity index (χ3v) is 2.39. The van der Waals surface area contributed by atoms with Gasteiger partial charge in [-0.1, -0.05) is 26.0 Å². The highest BCUT2D eigenvalue weighted by Crippen LogP contribution is 2.18. The van der Waals surface area contributed by atoms with Crippen LogP contribution in [0.25, 0.3) is 0 Å². The van der Waals surface area contributed by atoms with Crippen molar-refractivity contribution in [3.05, 3.63) is 35.4 Å². The van der Waals surface area contributed by atoms with Crippen molar-refractivity contribution < 1.29 is 14.7 Å². The lowest BCUT2D eigenvalue weighted by Gasteiger charge is -2.11. The first-order valence-electron chi connectivity index (χ1n) is 5.52. The highest BCUT2D eigenvalue weighted by Gasteiger charge is 2.12. The molecule has 1 aromatic carbocycles. The Balaban J connectivity index is 2.71. The molecule has 0 saturated carbocycles. The van der Waals surface area contributed by atoms with E-state index in [1.54, 1.807) is 12.1 Å². The van der Waals surface area contributed by atoms with Gasteiger partial charge in [0.2, 0.25) is 0 Å². The maximum atomic E-state index is 11.8. The Morgan fingerprint density at radius 2 is 2.18 bits per heavy atom. The second-order valence-corrected chi connectivity index (χ2v) is 4.07. The van der Waals surface area contributed by atoms with E-state index in [0.29, 0.717) is 5.56 Å². The van der Waals surface area contributed by atoms with Crippen molar-refractivity contribution in [2.45, 2.75) is 26.2 Å². The largest absolute Gasteiger partial charge is 0.481 e. The number of nitrogens with one attached hydrogen (secondary N) is 1. The van der Waals surface area contributed by atoms with Crippen LogP contribution in [0.4, 0.5) is 0 Å². The van der Waals surface area contributed by atoms with Gasteiger partial charge in [0.05, 0.1) is 6.42 Å². The number of carboxylic acids is 1. The monoisotopic (exact) mass is 234 g/mol. The first kappa shape index (κ1) is 13.2. The minimum Gasteiger partial charge on any atom is -0.481 e. The number of carboxylic acid groups (broad SMARTS) is 1. The summed E-state index contributed by atoms with van der Waals surface area (Å²) in [5.74, 6) is -0.925. The van der Waals surface area contributed by atoms with E-state index in [-0.39, 0.29) is 24.8 Å². The number of carbonyl (C=O) groups is 2. The molecule has 0 unspecified atom stereocenters. The number of hydrogen-bond acceptors (Lipinski definition) is 2. The zero-order chi connectivity index (χ0) is 12.8. The first-order valence-corrected chi connectivity index (χ1v) is 5.52. The molecule has 0 fully saturated rings. The summed E-state index contributed by atoms with van der Waals surface area (Å²) >= 11 is 0. The van der Waals surface area contributed by atoms with Gasteiger partial charge >= 0.3 is 5.97 Å². The molecule has 17 heavy (non-hydrogen) atoms. The Morgan fingerprint density at radius 3 is 2.76 bits per heavy atom. The van der Waals surface area contributed by atoms with Gasteiger partial charge in [-0.05, 0) is 23.6 Å². The quantitative estimate of drug-likeness (QED) is 0.816. The zero-order valence-electron chi connectivity index (χ0n) is 9.99. The molecule has 0 aliphatic carbocycles. The number of hydrogen-bond donors (Lipinski definition) is 2. The van der Waals surface area contributed by atoms with E-state index >= 15 is 0 Å². The topological polar surface area (TPSA) is 66.4 Å². The number of rotatable bonds is 5. The van der Waals surface area contributed by atoms with Crippen molar-refractivity contribution in [3.63, 3.8) is 0 Å². The molecule has 0 bridgehead atoms. The van der Waals surface area contributed by atoms with Crippen LogP contribution in [-0.2, 0) is 4.79 Å². The molecule has 1 amide bonds. The number of benzene rings is 1. The summed E-state index contributed by atoms with van der Waals surface area (Å²) in [6.45, 7) is 4.15. The molecule has 2 N–H and O–H groups in total. The van der Waals surface area contributed by atoms with Crippen molar-refractivity contribution in [1.29, 1.82) is 0 Å². The average molecular weight is 234 g/mol. The van der Waals surface area contributed by atoms with Gasteiger partial charge in [0, 0.05) is 12.1 Å². The molecule has 0 aliphatic heterocycles. The number of amides is 1. The fourth-order valence-corrected chi connectivity index (χ4v) is 1.52. The minimum absolute atomic E-state index is 0.0701. The van der Waals surface area contributed by atoms with Gasteiger partial charge in [-0.3, -0.25) is 9.59 Å². The van der Waals surface area contributed by atoms with Crippen molar-refractivity contribution in [3.8, 4) is 0 Å². The molecule has 4 nitrogen and oxygen atoms in total. The van der Waals surface area contributed by atoms with Crippen LogP contribution in [-0.4, -0.2) is 23.5 Å². The zero-order valence-corrected chi connectivity index (χ0v) is 9.99. The molecule has 91 valence electrons. The van der Waals surface area contributed by atoms with Crippen LogP contribution in [0.1, 0.15) is 42.1 Å². The second kappa shape index (κ2) is 6.03. The summed E-state index contributed by atoms with van der Waals surface area (Å²) < 4.78 is 0. The van der Waals surface area contributed by atoms with E-state index in [1.807, 2.05) is 19.9 Å². The molecule has 0 heterocycles. The van der Waals surface area contributed by atoms with E-state index in [9.17, 15) is 9.59 Å². The Morgan fingerprint density at radius 1 is 1.47 bits per heavy atom. The highest BCUT2D eigenvalue weighted by atomic mass is 16.4. The van der Waals surface area contributed by atoms with Crippen molar-refractivity contribution in [2.24, 2.45) is 0 Å². The third kappa shape index (κ3) is 3.90. The van der Waals surface area contributed by atoms with E-state index in [4.69, 9.17) is 5.11 Å². The molecule has 1 aromatic rings. The molecule has 0 atom stereocenters. The second-order valence-electron chi connectivity index (χ2n) is 4.07. The van der Waals surface area contributed by atoms with Gasteiger partial charge in [0.15, 0.2) is 0 Å². The van der Waals surface area contributed by atoms with Crippen LogP contribution in [0.3, 0.4) is 0 Å². The molecule has 1 rings (SSSR count). The number of carbonyl (C=O) groups excluding carboxylic acids is 1. The van der Waals surface area contributed by atoms with Crippen molar-refractivity contribution in [2.75, 3.05) is 6.54 Å². The SMILES string of the molecule is CC(C)c1cc[c]cc1C(=O)NCCC(=O)O. The van der Waals surface area contributed by atoms with Gasteiger partial charge < -0.3 is 10.4 Å². The van der Waals surface area contributed by atoms with E-state index in [2.05, 4.69) is 11.4 Å². The minimum atomic E-state index is -0.922. The Kier molecular flexibility index (Phi) is 4.69. The van der Waals surface area contributed by atoms with Crippen LogP contribution in [0.15, 0.2) is 18.2 Å². The van der Waals surface area contributed by atoms with Crippen LogP contribution in [0.2, 0.25) is 0 Å². The third-order valence-electron chi connectivity index (χ3n) is 2.39. The maximum absolute atomic E-state index is 11.8. The Bertz CT molecular complexity index is 413. The van der Waals surface area contributed by atoms with Gasteiger partial charge in [0.25, 0.3) is 5.91 Å². The molecule has 0 saturated heterocycles. The van der Waals surface area contributed by atoms with Gasteiger partial charge in [-0.15, -0.1) is 0 Å². The summed E-state index contributed by atoms with van der Waals surface area (Å²) in [6.07, 6.45) is -0.0701. The molecular formula is C13H16NO3. The molecule has 0 spiro atoms. The highest BCUT2D eigenvalue weighted by molar-refractivity contribution is 5.95. The van der Waals surface area contributed by atoms with Crippen LogP contribution in [0.5, 0.6) is 0 Å². The lowest BCUT2D eigenvalue weighted by molar-refractivity contribution is -0.136. The van der Waals surface area contributed by atoms with Crippen molar-refractivity contribution in [1.82, 2.24) is 5.32 Å². The predicted octanol–water partition coefficient (Wildman–Crippen LogP) is 1.81. The lowest BCUT2D eigenvalue weighted by atomic mass is 9.97. The van der Waals surface area contributed by atoms with E-state index in [1.165, 1.54) is 0 Å². The number of aliphatic carboxylic acids is 1. The molecule has 1 radical (unpaired) electrons. The van der Waals surface area contributed by atoms with Gasteiger partial charge in [0.1, 0.15) is 0 Å². The normalized spacial score (nSPS) is 10.3. The first-order chi connectivity index (χ1) is 8.02. The van der Waals surface area contributed by atoms with Gasteiger partial charge in [-0.2, -0.15) is 0 Å². The summed E-state index contributed by atoms with van der Waals surface area (Å²) in [5, 5.41) is 11.1. The van der Waals surface area contributed by atoms with E-state index in [0.717, 1.165) is 5.56 Å². The standard InChI is InChI=1S/C13H16NO3/c1-9(2)10-5-3-4-6-11(10)13(17)14-8-7-12(15)16/h3,5-6,9H,7-8H2,1-2H3,(H,14,17)(H,15,16). The Labute approximate surface area is 101 Å². The smallest absolute Gasteiger partial charge is 0.305 e. The Hall–Kier alpha value is -1.84. The predicted molar refractivity (Wildman–Crippen MR) is 64.0 cm³/mol. The summed E-state index contributed by atoms with van der Waals surface area (Å²) in [5.41, 5.74) is 1.50. The molecular weight excluding hydrogens is 218 g/mol. The lowest BCUT2D eigenvalue weighted by Crippen LogP contribution is -2.27. The van der Waals surface area contributed by atoms with Gasteiger partial charge in [-0.25, -0.2) is 0 Å². The summed E-state index contributed by atoms with van der Waals surface area (Å²) in [6, 6.07) is 8.11. The average Bonchev–Trinajstić information content (AvgIpc) is 2.28. The summed E-state index contributed by atoms with van der Waals surface area (Å²) in [4.78, 5) is 22.2. The van der Waals surface area contributed by atoms with E-state index < -0.39 is 5.97 Å². The van der Waals surface area contributed by atoms with Crippen LogP contribution < -0.4 is 5.32 Å². The molecule has 0 aromatic heterocycles. The van der Waals surface area contributed by atoms with Crippen LogP contribution >= 0.6 is 0 Å². The molecule has 4 heteroatoms. The fraction of sp³-hybridized carbons (Fsp3) is 0.385. The molecule has 0 aliphatic rings.